The van der Waals surface area contributed by atoms with Gasteiger partial charge in [0, 0.05) is 19.0 Å². The van der Waals surface area contributed by atoms with E-state index in [1.807, 2.05) is 37.3 Å². The Morgan fingerprint density at radius 1 is 1.08 bits per heavy atom. The molecule has 0 radical (unpaired) electrons. The minimum absolute atomic E-state index is 0.129. The molecule has 7 heteroatoms. The van der Waals surface area contributed by atoms with Gasteiger partial charge in [-0.05, 0) is 24.6 Å². The molecule has 0 bridgehead atoms. The summed E-state index contributed by atoms with van der Waals surface area (Å²) < 4.78 is 27.2. The topological polar surface area (TPSA) is 57.7 Å². The highest BCUT2D eigenvalue weighted by Gasteiger charge is 2.39. The molecule has 2 aromatic rings. The van der Waals surface area contributed by atoms with Crippen LogP contribution in [0.25, 0.3) is 0 Å². The first-order valence-electron chi connectivity index (χ1n) is 8.38. The lowest BCUT2D eigenvalue weighted by Crippen LogP contribution is -2.58. The van der Waals surface area contributed by atoms with E-state index in [9.17, 15) is 13.2 Å². The number of alkyl halides is 1. The van der Waals surface area contributed by atoms with E-state index in [1.54, 1.807) is 29.2 Å². The van der Waals surface area contributed by atoms with E-state index in [0.29, 0.717) is 6.54 Å². The molecule has 1 unspecified atom stereocenters. The molecule has 1 aliphatic heterocycles. The Morgan fingerprint density at radius 2 is 1.73 bits per heavy atom. The molecule has 1 fully saturated rings. The Bertz CT molecular complexity index is 869. The Kier molecular flexibility index (Phi) is 5.65. The Morgan fingerprint density at radius 3 is 2.35 bits per heavy atom. The molecule has 1 aliphatic rings. The third-order valence-electron chi connectivity index (χ3n) is 4.50. The van der Waals surface area contributed by atoms with Crippen LogP contribution in [-0.2, 0) is 21.4 Å². The molecule has 1 saturated heterocycles. The van der Waals surface area contributed by atoms with Crippen molar-refractivity contribution >= 4 is 27.5 Å². The average molecular weight is 393 g/mol. The van der Waals surface area contributed by atoms with E-state index in [0.717, 1.165) is 11.1 Å². The summed E-state index contributed by atoms with van der Waals surface area (Å²) in [4.78, 5) is 14.4. The van der Waals surface area contributed by atoms with Crippen molar-refractivity contribution in [1.29, 1.82) is 0 Å². The number of rotatable bonds is 5. The normalized spacial score (nSPS) is 18.9. The molecule has 0 N–H and O–H groups in total. The summed E-state index contributed by atoms with van der Waals surface area (Å²) in [5, 5.41) is 0. The molecule has 0 saturated carbocycles. The van der Waals surface area contributed by atoms with Crippen molar-refractivity contribution in [3.05, 3.63) is 65.7 Å². The third-order valence-corrected chi connectivity index (χ3v) is 6.77. The minimum atomic E-state index is -3.77. The van der Waals surface area contributed by atoms with Crippen LogP contribution in [0.5, 0.6) is 0 Å². The van der Waals surface area contributed by atoms with Gasteiger partial charge in [-0.2, -0.15) is 4.31 Å². The number of hydrogen-bond acceptors (Lipinski definition) is 3. The highest BCUT2D eigenvalue weighted by Crippen LogP contribution is 2.24. The first kappa shape index (κ1) is 18.9. The summed E-state index contributed by atoms with van der Waals surface area (Å²) in [6.45, 7) is 2.43. The molecule has 3 rings (SSSR count). The van der Waals surface area contributed by atoms with Gasteiger partial charge in [0.1, 0.15) is 0 Å². The minimum Gasteiger partial charge on any atom is -0.336 e. The van der Waals surface area contributed by atoms with Crippen LogP contribution < -0.4 is 0 Å². The number of sulfonamides is 1. The van der Waals surface area contributed by atoms with Gasteiger partial charge in [-0.1, -0.05) is 48.0 Å². The maximum absolute atomic E-state index is 13.0. The van der Waals surface area contributed by atoms with Gasteiger partial charge in [-0.15, -0.1) is 11.6 Å². The molecule has 1 atom stereocenters. The number of amides is 1. The van der Waals surface area contributed by atoms with E-state index in [-0.39, 0.29) is 29.8 Å². The molecule has 2 aromatic carbocycles. The number of nitrogens with zero attached hydrogens (tertiary/aromatic N) is 2. The number of hydrogen-bond donors (Lipinski definition) is 0. The third kappa shape index (κ3) is 3.92. The fourth-order valence-corrected chi connectivity index (χ4v) is 4.93. The van der Waals surface area contributed by atoms with Gasteiger partial charge < -0.3 is 4.90 Å². The van der Waals surface area contributed by atoms with E-state index in [1.165, 1.54) is 4.31 Å². The summed E-state index contributed by atoms with van der Waals surface area (Å²) in [6, 6.07) is 15.8. The maximum Gasteiger partial charge on any atom is 0.243 e. The van der Waals surface area contributed by atoms with Crippen LogP contribution in [-0.4, -0.2) is 48.5 Å². The summed E-state index contributed by atoms with van der Waals surface area (Å²) >= 11 is 6.07. The lowest BCUT2D eigenvalue weighted by molar-refractivity contribution is -0.136. The van der Waals surface area contributed by atoms with E-state index >= 15 is 0 Å². The predicted molar refractivity (Wildman–Crippen MR) is 101 cm³/mol. The molecular formula is C19H21ClN2O3S. The molecule has 0 aliphatic carbocycles. The molecule has 1 amide bonds. The highest BCUT2D eigenvalue weighted by atomic mass is 35.5. The zero-order chi connectivity index (χ0) is 18.7. The molecular weight excluding hydrogens is 372 g/mol. The zero-order valence-electron chi connectivity index (χ0n) is 14.5. The second kappa shape index (κ2) is 7.78. The number of piperazine rings is 1. The molecule has 0 spiro atoms. The van der Waals surface area contributed by atoms with Gasteiger partial charge >= 0.3 is 0 Å². The first-order chi connectivity index (χ1) is 12.4. The predicted octanol–water partition coefficient (Wildman–Crippen LogP) is 2.64. The molecule has 0 aromatic heterocycles. The van der Waals surface area contributed by atoms with Crippen LogP contribution in [0.15, 0.2) is 59.5 Å². The Labute approximate surface area is 159 Å². The maximum atomic E-state index is 13.0. The van der Waals surface area contributed by atoms with Crippen molar-refractivity contribution in [2.75, 3.05) is 19.0 Å². The smallest absolute Gasteiger partial charge is 0.243 e. The van der Waals surface area contributed by atoms with Gasteiger partial charge in [-0.25, -0.2) is 8.42 Å². The van der Waals surface area contributed by atoms with Crippen LogP contribution in [0.3, 0.4) is 0 Å². The second-order valence-corrected chi connectivity index (χ2v) is 8.63. The molecule has 138 valence electrons. The molecule has 26 heavy (non-hydrogen) atoms. The van der Waals surface area contributed by atoms with Crippen molar-refractivity contribution in [1.82, 2.24) is 9.21 Å². The molecule has 1 heterocycles. The summed E-state index contributed by atoms with van der Waals surface area (Å²) in [5.41, 5.74) is 1.98. The summed E-state index contributed by atoms with van der Waals surface area (Å²) in [5.74, 6) is -0.0881. The monoisotopic (exact) mass is 392 g/mol. The van der Waals surface area contributed by atoms with Crippen molar-refractivity contribution in [2.24, 2.45) is 0 Å². The first-order valence-corrected chi connectivity index (χ1v) is 10.4. The van der Waals surface area contributed by atoms with Crippen LogP contribution in [0, 0.1) is 6.92 Å². The lowest BCUT2D eigenvalue weighted by Gasteiger charge is -2.39. The number of carbonyl (C=O) groups excluding carboxylic acids is 1. The summed E-state index contributed by atoms with van der Waals surface area (Å²) in [7, 11) is -3.77. The SMILES string of the molecule is Cc1ccc(S(=O)(=O)N2CC(=O)N(Cc3ccccc3)CC2CCl)cc1. The van der Waals surface area contributed by atoms with E-state index in [4.69, 9.17) is 11.6 Å². The van der Waals surface area contributed by atoms with E-state index < -0.39 is 16.1 Å². The molecule has 5 nitrogen and oxygen atoms in total. The van der Waals surface area contributed by atoms with Crippen LogP contribution >= 0.6 is 11.6 Å². The van der Waals surface area contributed by atoms with Gasteiger partial charge in [0.15, 0.2) is 0 Å². The largest absolute Gasteiger partial charge is 0.336 e. The number of aryl methyl sites for hydroxylation is 1. The van der Waals surface area contributed by atoms with Gasteiger partial charge in [0.25, 0.3) is 0 Å². The number of benzene rings is 2. The Balaban J connectivity index is 1.82. The van der Waals surface area contributed by atoms with Crippen molar-refractivity contribution in [2.45, 2.75) is 24.4 Å². The lowest BCUT2D eigenvalue weighted by atomic mass is 10.1. The standard InChI is InChI=1S/C19H21ClN2O3S/c1-15-7-9-18(10-8-15)26(24,25)22-14-19(23)21(13-17(22)11-20)12-16-5-3-2-4-6-16/h2-10,17H,11-14H2,1H3. The van der Waals surface area contributed by atoms with Gasteiger partial charge in [0.2, 0.25) is 15.9 Å². The summed E-state index contributed by atoms with van der Waals surface area (Å²) in [6.07, 6.45) is 0. The quantitative estimate of drug-likeness (QED) is 0.735. The number of halogens is 1. The van der Waals surface area contributed by atoms with Gasteiger partial charge in [0.05, 0.1) is 17.5 Å². The van der Waals surface area contributed by atoms with Crippen LogP contribution in [0.4, 0.5) is 0 Å². The fraction of sp³-hybridized carbons (Fsp3) is 0.316. The fourth-order valence-electron chi connectivity index (χ4n) is 3.02. The average Bonchev–Trinajstić information content (AvgIpc) is 2.64. The number of carbonyl (C=O) groups is 1. The van der Waals surface area contributed by atoms with Crippen LogP contribution in [0.1, 0.15) is 11.1 Å². The van der Waals surface area contributed by atoms with Crippen LogP contribution in [0.2, 0.25) is 0 Å². The van der Waals surface area contributed by atoms with Crippen molar-refractivity contribution in [3.63, 3.8) is 0 Å². The Hall–Kier alpha value is -1.89. The highest BCUT2D eigenvalue weighted by molar-refractivity contribution is 7.89. The zero-order valence-corrected chi connectivity index (χ0v) is 16.1. The van der Waals surface area contributed by atoms with Crippen molar-refractivity contribution in [3.8, 4) is 0 Å². The second-order valence-electron chi connectivity index (χ2n) is 6.43. The van der Waals surface area contributed by atoms with Gasteiger partial charge in [-0.3, -0.25) is 4.79 Å². The van der Waals surface area contributed by atoms with Crippen molar-refractivity contribution < 1.29 is 13.2 Å². The van der Waals surface area contributed by atoms with E-state index in [2.05, 4.69) is 0 Å².